The molecular weight excluding hydrogens is 843 g/mol. The molecule has 3 aromatic heterocycles. The van der Waals surface area contributed by atoms with Crippen LogP contribution in [0.25, 0.3) is 67.0 Å². The van der Waals surface area contributed by atoms with Crippen molar-refractivity contribution in [2.45, 2.75) is 0 Å². The maximum Gasteiger partial charge on any atom is 2.00 e. The van der Waals surface area contributed by atoms with Crippen LogP contribution in [0.5, 0.6) is 11.5 Å². The predicted octanol–water partition coefficient (Wildman–Crippen LogP) is 10.2. The second-order valence-electron chi connectivity index (χ2n) is 12.1. The molecule has 0 saturated carbocycles. The van der Waals surface area contributed by atoms with Gasteiger partial charge in [0.1, 0.15) is 12.1 Å². The van der Waals surface area contributed by atoms with Gasteiger partial charge >= 0.3 is 21.1 Å². The summed E-state index contributed by atoms with van der Waals surface area (Å²) in [6, 6.07) is 52.7. The fourth-order valence-electron chi connectivity index (χ4n) is 6.67. The van der Waals surface area contributed by atoms with Crippen LogP contribution in [-0.4, -0.2) is 24.3 Å². The van der Waals surface area contributed by atoms with Crippen LogP contribution in [0.2, 0.25) is 0 Å². The van der Waals surface area contributed by atoms with Gasteiger partial charge in [0.15, 0.2) is 0 Å². The molecule has 0 spiro atoms. The Kier molecular flexibility index (Phi) is 8.93. The Balaban J connectivity index is 0.00000400. The first-order valence-corrected chi connectivity index (χ1v) is 16.5. The van der Waals surface area contributed by atoms with Gasteiger partial charge in [0.05, 0.1) is 23.1 Å². The Labute approximate surface area is 318 Å². The molecule has 0 unspecified atom stereocenters. The van der Waals surface area contributed by atoms with Crippen LogP contribution in [0.15, 0.2) is 152 Å². The summed E-state index contributed by atoms with van der Waals surface area (Å²) < 4.78 is 25.6. The number of para-hydroxylation sites is 1. The smallest absolute Gasteiger partial charge is 0.503 e. The van der Waals surface area contributed by atoms with Gasteiger partial charge in [-0.05, 0) is 46.8 Å². The maximum atomic E-state index is 15.5. The van der Waals surface area contributed by atoms with Gasteiger partial charge in [0, 0.05) is 40.2 Å². The first-order valence-electron chi connectivity index (χ1n) is 16.5. The van der Waals surface area contributed by atoms with E-state index in [2.05, 4.69) is 69.8 Å². The summed E-state index contributed by atoms with van der Waals surface area (Å²) in [5.41, 5.74) is 7.27. The zero-order chi connectivity index (χ0) is 35.0. The number of benzene rings is 6. The molecule has 3 heterocycles. The van der Waals surface area contributed by atoms with Gasteiger partial charge in [0.2, 0.25) is 0 Å². The molecule has 6 aromatic carbocycles. The van der Waals surface area contributed by atoms with Gasteiger partial charge in [-0.1, -0.05) is 108 Å². The molecule has 0 radical (unpaired) electrons. The number of rotatable bonds is 7. The first kappa shape index (κ1) is 33.5. The molecule has 254 valence electrons. The van der Waals surface area contributed by atoms with Crippen LogP contribution >= 0.6 is 0 Å². The van der Waals surface area contributed by atoms with Crippen molar-refractivity contribution in [3.05, 3.63) is 176 Å². The Morgan fingerprint density at radius 1 is 0.698 bits per heavy atom. The summed E-state index contributed by atoms with van der Waals surface area (Å²) in [7, 11) is 0. The first-order chi connectivity index (χ1) is 25.6. The minimum atomic E-state index is -0.523. The standard InChI is InChI=1S/C44H25FN6O.Pt/c45-33-23-32(44-49-48-28-50(44)43-36(30-10-3-1-4-11-30)14-9-15-37(43)31-12-5-2-6-13-31)24-35(25-33)52-34-18-19-38-39-22-29(27-46)17-20-40(39)51(41(38)26-34)42-16-7-8-21-47-42;/h1-23,25,28H;/q-2;+2. The number of hydrogen-bond donors (Lipinski definition) is 0. The average Bonchev–Trinajstić information content (AvgIpc) is 3.81. The van der Waals surface area contributed by atoms with Crippen LogP contribution < -0.4 is 4.74 Å². The van der Waals surface area contributed by atoms with Crippen LogP contribution in [0.3, 0.4) is 0 Å². The summed E-state index contributed by atoms with van der Waals surface area (Å²) in [5, 5.41) is 20.1. The molecule has 0 bridgehead atoms. The third-order valence-corrected chi connectivity index (χ3v) is 8.92. The Morgan fingerprint density at radius 3 is 2.13 bits per heavy atom. The van der Waals surface area contributed by atoms with Gasteiger partial charge in [-0.2, -0.15) is 16.4 Å². The fraction of sp³-hybridized carbons (Fsp3) is 0. The molecule has 9 aromatic rings. The molecule has 9 rings (SSSR count). The summed E-state index contributed by atoms with van der Waals surface area (Å²) >= 11 is 0. The topological polar surface area (TPSA) is 81.5 Å². The molecule has 7 nitrogen and oxygen atoms in total. The van der Waals surface area contributed by atoms with Crippen molar-refractivity contribution in [1.82, 2.24) is 24.3 Å². The van der Waals surface area contributed by atoms with E-state index in [1.165, 1.54) is 12.1 Å². The molecular formula is C44H25FN6OPt. The molecule has 0 fully saturated rings. The third-order valence-electron chi connectivity index (χ3n) is 8.92. The molecule has 0 amide bonds. The van der Waals surface area contributed by atoms with Crippen molar-refractivity contribution in [2.75, 3.05) is 0 Å². The normalized spacial score (nSPS) is 10.9. The van der Waals surface area contributed by atoms with E-state index >= 15 is 4.39 Å². The van der Waals surface area contributed by atoms with Crippen molar-refractivity contribution < 1.29 is 30.2 Å². The summed E-state index contributed by atoms with van der Waals surface area (Å²) in [4.78, 5) is 4.58. The van der Waals surface area contributed by atoms with Crippen LogP contribution in [0.4, 0.5) is 4.39 Å². The molecule has 0 atom stereocenters. The van der Waals surface area contributed by atoms with Crippen molar-refractivity contribution in [3.63, 3.8) is 0 Å². The van der Waals surface area contributed by atoms with E-state index in [-0.39, 0.29) is 26.8 Å². The number of aromatic nitrogens is 5. The monoisotopic (exact) mass is 867 g/mol. The molecule has 0 N–H and O–H groups in total. The van der Waals surface area contributed by atoms with Gasteiger partial charge in [-0.25, -0.2) is 9.37 Å². The summed E-state index contributed by atoms with van der Waals surface area (Å²) in [6.07, 6.45) is 3.36. The van der Waals surface area contributed by atoms with Crippen molar-refractivity contribution in [3.8, 4) is 62.7 Å². The number of pyridine rings is 1. The average molecular weight is 868 g/mol. The van der Waals surface area contributed by atoms with Crippen LogP contribution in [0.1, 0.15) is 5.56 Å². The zero-order valence-electron chi connectivity index (χ0n) is 27.7. The summed E-state index contributed by atoms with van der Waals surface area (Å²) in [5.74, 6) is 1.05. The van der Waals surface area contributed by atoms with E-state index in [4.69, 9.17) is 4.74 Å². The molecule has 0 saturated heterocycles. The minimum absolute atomic E-state index is 0. The van der Waals surface area contributed by atoms with Crippen molar-refractivity contribution in [2.24, 2.45) is 0 Å². The minimum Gasteiger partial charge on any atom is -0.503 e. The number of fused-ring (bicyclic) bond motifs is 3. The van der Waals surface area contributed by atoms with Crippen molar-refractivity contribution in [1.29, 1.82) is 5.26 Å². The van der Waals surface area contributed by atoms with Crippen LogP contribution in [0, 0.1) is 29.3 Å². The van der Waals surface area contributed by atoms with Gasteiger partial charge in [-0.15, -0.1) is 28.7 Å². The molecule has 0 aliphatic rings. The van der Waals surface area contributed by atoms with Gasteiger partial charge in [-0.3, -0.25) is 0 Å². The maximum absolute atomic E-state index is 15.5. The number of halogens is 1. The molecule has 0 aliphatic heterocycles. The SMILES string of the molecule is N#Cc1ccc2c(c1)c1ccc(Oc3[c-]c(-c4nncn4-c4c(-c5ccccc5)cccc4-c4ccccc4)cc(F)c3)[c-]c1n2-c1ccccn1.[Pt+2]. The zero-order valence-corrected chi connectivity index (χ0v) is 30.0. The second kappa shape index (κ2) is 14.1. The van der Waals surface area contributed by atoms with Crippen LogP contribution in [-0.2, 0) is 21.1 Å². The molecule has 9 heteroatoms. The van der Waals surface area contributed by atoms with Crippen molar-refractivity contribution >= 4 is 21.8 Å². The number of nitriles is 1. The second-order valence-corrected chi connectivity index (χ2v) is 12.1. The number of ether oxygens (including phenoxy) is 1. The largest absolute Gasteiger partial charge is 2.00 e. The summed E-state index contributed by atoms with van der Waals surface area (Å²) in [6.45, 7) is 0. The van der Waals surface area contributed by atoms with Gasteiger partial charge in [0.25, 0.3) is 0 Å². The number of hydrogen-bond acceptors (Lipinski definition) is 5. The fourth-order valence-corrected chi connectivity index (χ4v) is 6.67. The Morgan fingerprint density at radius 2 is 1.43 bits per heavy atom. The van der Waals surface area contributed by atoms with E-state index in [0.717, 1.165) is 44.2 Å². The predicted molar refractivity (Wildman–Crippen MR) is 199 cm³/mol. The number of nitrogens with zero attached hydrogens (tertiary/aromatic N) is 6. The Bertz CT molecular complexity index is 2740. The Hall–Kier alpha value is -6.68. The van der Waals surface area contributed by atoms with E-state index < -0.39 is 5.82 Å². The quantitative estimate of drug-likeness (QED) is 0.149. The van der Waals surface area contributed by atoms with E-state index in [1.807, 2.05) is 88.0 Å². The molecule has 0 aliphatic carbocycles. The molecule has 53 heavy (non-hydrogen) atoms. The van der Waals surface area contributed by atoms with Gasteiger partial charge < -0.3 is 13.9 Å². The third kappa shape index (κ3) is 6.18. The van der Waals surface area contributed by atoms with E-state index in [0.29, 0.717) is 34.0 Å². The van der Waals surface area contributed by atoms with E-state index in [9.17, 15) is 5.26 Å². The van der Waals surface area contributed by atoms with E-state index in [1.54, 1.807) is 24.7 Å².